The Kier molecular flexibility index (Phi) is 2.28. The maximum Gasteiger partial charge on any atom is 0.222 e. The number of anilines is 2. The van der Waals surface area contributed by atoms with Crippen LogP contribution in [0.25, 0.3) is 22.1 Å². The number of nitrogens with zero attached hydrogens (tertiary/aromatic N) is 4. The molecule has 0 spiro atoms. The first-order chi connectivity index (χ1) is 10.6. The van der Waals surface area contributed by atoms with Gasteiger partial charge in [0.15, 0.2) is 11.4 Å². The van der Waals surface area contributed by atoms with Crippen LogP contribution in [0.15, 0.2) is 22.6 Å². The number of likely N-dealkylation sites (tertiary alicyclic amines) is 1. The predicted molar refractivity (Wildman–Crippen MR) is 86.3 cm³/mol. The van der Waals surface area contributed by atoms with Gasteiger partial charge in [-0.2, -0.15) is 4.98 Å². The van der Waals surface area contributed by atoms with Gasteiger partial charge in [-0.05, 0) is 25.2 Å². The number of rotatable bonds is 1. The normalized spacial score (nSPS) is 24.4. The summed E-state index contributed by atoms with van der Waals surface area (Å²) in [4.78, 5) is 13.4. The molecule has 0 bridgehead atoms. The van der Waals surface area contributed by atoms with Crippen molar-refractivity contribution in [3.05, 3.63) is 23.2 Å². The number of nitrogen functional groups attached to an aromatic ring is 1. The van der Waals surface area contributed by atoms with Gasteiger partial charge in [-0.3, -0.25) is 4.90 Å². The first-order valence-corrected chi connectivity index (χ1v) is 7.62. The smallest absolute Gasteiger partial charge is 0.222 e. The molecule has 1 aromatic carbocycles. The van der Waals surface area contributed by atoms with E-state index in [1.807, 2.05) is 18.2 Å². The third-order valence-electron chi connectivity index (χ3n) is 4.82. The Morgan fingerprint density at radius 1 is 1.27 bits per heavy atom. The van der Waals surface area contributed by atoms with Gasteiger partial charge in [0, 0.05) is 29.5 Å². The lowest BCUT2D eigenvalue weighted by atomic mass is 9.86. The van der Waals surface area contributed by atoms with Crippen LogP contribution < -0.4 is 10.6 Å². The fourth-order valence-corrected chi connectivity index (χ4v) is 3.70. The Hall–Kier alpha value is -2.05. The molecular weight excluding hydrogens is 302 g/mol. The Labute approximate surface area is 131 Å². The van der Waals surface area contributed by atoms with Crippen molar-refractivity contribution >= 4 is 45.4 Å². The molecule has 1 unspecified atom stereocenters. The second kappa shape index (κ2) is 4.02. The lowest BCUT2D eigenvalue weighted by molar-refractivity contribution is 0.0363. The van der Waals surface area contributed by atoms with Gasteiger partial charge in [-0.15, -0.1) is 0 Å². The Morgan fingerprint density at radius 3 is 2.86 bits per heavy atom. The van der Waals surface area contributed by atoms with Gasteiger partial charge in [0.2, 0.25) is 5.95 Å². The van der Waals surface area contributed by atoms with Crippen LogP contribution in [0, 0.1) is 0 Å². The number of aromatic nitrogens is 2. The van der Waals surface area contributed by atoms with Crippen LogP contribution in [0.2, 0.25) is 5.02 Å². The maximum atomic E-state index is 6.09. The molecular formula is C15H14ClN5O. The Morgan fingerprint density at radius 2 is 2.14 bits per heavy atom. The number of piperazine rings is 1. The molecule has 2 N–H and O–H groups in total. The highest BCUT2D eigenvalue weighted by molar-refractivity contribution is 6.31. The molecule has 2 aliphatic rings. The molecule has 3 aromatic rings. The van der Waals surface area contributed by atoms with Crippen molar-refractivity contribution in [1.29, 1.82) is 0 Å². The van der Waals surface area contributed by atoms with E-state index in [1.54, 1.807) is 0 Å². The summed E-state index contributed by atoms with van der Waals surface area (Å²) in [6.07, 6.45) is 0. The largest absolute Gasteiger partial charge is 0.450 e. The summed E-state index contributed by atoms with van der Waals surface area (Å²) in [7, 11) is 2.14. The van der Waals surface area contributed by atoms with E-state index in [-0.39, 0.29) is 5.95 Å². The number of hydrogen-bond acceptors (Lipinski definition) is 6. The molecule has 0 aliphatic carbocycles. The lowest BCUT2D eigenvalue weighted by Gasteiger charge is -2.61. The number of likely N-dealkylation sites (N-methyl/N-ethyl adjacent to an activating group) is 1. The summed E-state index contributed by atoms with van der Waals surface area (Å²) in [5, 5.41) is 1.53. The summed E-state index contributed by atoms with van der Waals surface area (Å²) in [5.74, 6) is 1.06. The van der Waals surface area contributed by atoms with E-state index in [4.69, 9.17) is 21.8 Å². The highest BCUT2D eigenvalue weighted by Gasteiger charge is 2.51. The monoisotopic (exact) mass is 315 g/mol. The predicted octanol–water partition coefficient (Wildman–Crippen LogP) is 2.11. The zero-order valence-corrected chi connectivity index (χ0v) is 12.7. The first-order valence-electron chi connectivity index (χ1n) is 7.24. The summed E-state index contributed by atoms with van der Waals surface area (Å²) in [6.45, 7) is 1.99. The molecule has 7 heteroatoms. The minimum absolute atomic E-state index is 0.265. The van der Waals surface area contributed by atoms with E-state index in [0.717, 1.165) is 35.4 Å². The van der Waals surface area contributed by atoms with Gasteiger partial charge in [-0.25, -0.2) is 4.98 Å². The Balaban J connectivity index is 1.73. The maximum absolute atomic E-state index is 6.09. The van der Waals surface area contributed by atoms with E-state index in [9.17, 15) is 0 Å². The van der Waals surface area contributed by atoms with Crippen LogP contribution in [-0.4, -0.2) is 47.1 Å². The van der Waals surface area contributed by atoms with Crippen molar-refractivity contribution in [2.75, 3.05) is 30.8 Å². The molecule has 2 fully saturated rings. The molecule has 0 amide bonds. The average Bonchev–Trinajstić information content (AvgIpc) is 2.82. The molecule has 22 heavy (non-hydrogen) atoms. The van der Waals surface area contributed by atoms with Crippen molar-refractivity contribution in [2.24, 2.45) is 0 Å². The third-order valence-corrected chi connectivity index (χ3v) is 5.05. The van der Waals surface area contributed by atoms with Gasteiger partial charge >= 0.3 is 0 Å². The van der Waals surface area contributed by atoms with Gasteiger partial charge in [0.25, 0.3) is 0 Å². The minimum Gasteiger partial charge on any atom is -0.450 e. The summed E-state index contributed by atoms with van der Waals surface area (Å²) in [5.41, 5.74) is 8.10. The van der Waals surface area contributed by atoms with Crippen LogP contribution in [0.5, 0.6) is 0 Å². The lowest BCUT2D eigenvalue weighted by Crippen LogP contribution is -2.78. The molecule has 4 heterocycles. The fraction of sp³-hybridized carbons (Fsp3) is 0.333. The van der Waals surface area contributed by atoms with Crippen molar-refractivity contribution in [1.82, 2.24) is 14.9 Å². The third kappa shape index (κ3) is 1.48. The van der Waals surface area contributed by atoms with Crippen molar-refractivity contribution in [2.45, 2.75) is 12.1 Å². The highest BCUT2D eigenvalue weighted by Crippen LogP contribution is 2.41. The number of fused-ring (bicyclic) bond motifs is 4. The second-order valence-corrected chi connectivity index (χ2v) is 6.49. The standard InChI is InChI=1S/C15H14ClN5O/c1-20-5-10-9(20)6-21(10)14-13-12(18-15(17)19-14)8-4-7(16)2-3-11(8)22-13/h2-4,9-10H,5-6H2,1H3,(H2,17,18,19)/t9-,10?/m1/s1. The van der Waals surface area contributed by atoms with Gasteiger partial charge in [0.05, 0.1) is 6.04 Å². The van der Waals surface area contributed by atoms with E-state index in [0.29, 0.717) is 22.7 Å². The molecule has 2 aliphatic heterocycles. The first kappa shape index (κ1) is 12.5. The molecule has 2 aromatic heterocycles. The highest BCUT2D eigenvalue weighted by atomic mass is 35.5. The number of halogens is 1. The number of furan rings is 1. The SMILES string of the molecule is CN1CC2[C@H]1CN2c1nc(N)nc2c1oc1ccc(Cl)cc12. The van der Waals surface area contributed by atoms with Gasteiger partial charge in [-0.1, -0.05) is 11.6 Å². The zero-order chi connectivity index (χ0) is 15.0. The van der Waals surface area contributed by atoms with E-state index >= 15 is 0 Å². The van der Waals surface area contributed by atoms with Crippen molar-refractivity contribution < 1.29 is 4.42 Å². The zero-order valence-electron chi connectivity index (χ0n) is 12.0. The van der Waals surface area contributed by atoms with Crippen LogP contribution in [0.1, 0.15) is 0 Å². The van der Waals surface area contributed by atoms with Crippen LogP contribution >= 0.6 is 11.6 Å². The Bertz CT molecular complexity index is 923. The number of hydrogen-bond donors (Lipinski definition) is 1. The number of benzene rings is 1. The molecule has 0 radical (unpaired) electrons. The number of nitrogens with two attached hydrogens (primary N) is 1. The molecule has 2 atom stereocenters. The second-order valence-electron chi connectivity index (χ2n) is 6.05. The molecule has 6 nitrogen and oxygen atoms in total. The van der Waals surface area contributed by atoms with Crippen molar-refractivity contribution in [3.8, 4) is 0 Å². The van der Waals surface area contributed by atoms with E-state index in [1.165, 1.54) is 0 Å². The summed E-state index contributed by atoms with van der Waals surface area (Å²) < 4.78 is 5.99. The topological polar surface area (TPSA) is 71.4 Å². The fourth-order valence-electron chi connectivity index (χ4n) is 3.53. The molecule has 5 rings (SSSR count). The summed E-state index contributed by atoms with van der Waals surface area (Å²) in [6, 6.07) is 6.64. The van der Waals surface area contributed by atoms with Crippen LogP contribution in [-0.2, 0) is 0 Å². The molecule has 112 valence electrons. The summed E-state index contributed by atoms with van der Waals surface area (Å²) >= 11 is 6.09. The van der Waals surface area contributed by atoms with Crippen molar-refractivity contribution in [3.63, 3.8) is 0 Å². The molecule has 0 saturated carbocycles. The van der Waals surface area contributed by atoms with Crippen LogP contribution in [0.3, 0.4) is 0 Å². The average molecular weight is 316 g/mol. The van der Waals surface area contributed by atoms with Gasteiger partial charge in [0.1, 0.15) is 11.1 Å². The van der Waals surface area contributed by atoms with Gasteiger partial charge < -0.3 is 15.1 Å². The quantitative estimate of drug-likeness (QED) is 0.741. The van der Waals surface area contributed by atoms with Crippen LogP contribution in [0.4, 0.5) is 11.8 Å². The van der Waals surface area contributed by atoms with E-state index < -0.39 is 0 Å². The minimum atomic E-state index is 0.265. The molecule has 2 saturated heterocycles. The van der Waals surface area contributed by atoms with E-state index in [2.05, 4.69) is 26.8 Å².